The first kappa shape index (κ1) is 10.6. The van der Waals surface area contributed by atoms with E-state index in [1.165, 1.54) is 0 Å². The van der Waals surface area contributed by atoms with Crippen LogP contribution in [0, 0.1) is 6.92 Å². The molecule has 2 N–H and O–H groups in total. The minimum Gasteiger partial charge on any atom is -0.496 e. The Labute approximate surface area is 93.2 Å². The fourth-order valence-corrected chi connectivity index (χ4v) is 1.53. The van der Waals surface area contributed by atoms with Crippen LogP contribution in [0.2, 0.25) is 0 Å². The maximum atomic E-state index is 5.41. The van der Waals surface area contributed by atoms with Gasteiger partial charge in [0.15, 0.2) is 0 Å². The molecule has 5 nitrogen and oxygen atoms in total. The van der Waals surface area contributed by atoms with Crippen LogP contribution in [0.1, 0.15) is 11.5 Å². The molecule has 0 spiro atoms. The molecule has 1 aromatic heterocycles. The van der Waals surface area contributed by atoms with E-state index in [0.29, 0.717) is 11.7 Å². The molecule has 2 aromatic rings. The van der Waals surface area contributed by atoms with Crippen molar-refractivity contribution < 1.29 is 9.26 Å². The highest BCUT2D eigenvalue weighted by Gasteiger charge is 2.12. The van der Waals surface area contributed by atoms with Crippen molar-refractivity contribution in [3.8, 4) is 17.1 Å². The summed E-state index contributed by atoms with van der Waals surface area (Å²) < 4.78 is 10.2. The molecule has 0 saturated carbocycles. The standard InChI is InChI=1S/C11H13N3O2/c1-7-8(4-3-5-9(7)15-2)11-13-10(6-12)16-14-11/h3-5H,6,12H2,1-2H3. The predicted octanol–water partition coefficient (Wildman–Crippen LogP) is 1.51. The minimum absolute atomic E-state index is 0.246. The first-order valence-corrected chi connectivity index (χ1v) is 4.93. The third-order valence-corrected chi connectivity index (χ3v) is 2.39. The van der Waals surface area contributed by atoms with Crippen LogP contribution in [0.4, 0.5) is 0 Å². The molecule has 0 atom stereocenters. The van der Waals surface area contributed by atoms with Crippen LogP contribution in [0.5, 0.6) is 5.75 Å². The van der Waals surface area contributed by atoms with Gasteiger partial charge in [0.1, 0.15) is 5.75 Å². The summed E-state index contributed by atoms with van der Waals surface area (Å²) in [5.74, 6) is 1.77. The predicted molar refractivity (Wildman–Crippen MR) is 58.9 cm³/mol. The van der Waals surface area contributed by atoms with Gasteiger partial charge in [-0.2, -0.15) is 4.98 Å². The van der Waals surface area contributed by atoms with E-state index in [1.54, 1.807) is 7.11 Å². The maximum Gasteiger partial charge on any atom is 0.240 e. The Morgan fingerprint density at radius 2 is 2.25 bits per heavy atom. The molecule has 0 aliphatic carbocycles. The summed E-state index contributed by atoms with van der Waals surface area (Å²) in [6, 6.07) is 5.70. The van der Waals surface area contributed by atoms with E-state index in [2.05, 4.69) is 10.1 Å². The van der Waals surface area contributed by atoms with Crippen LogP contribution >= 0.6 is 0 Å². The fourth-order valence-electron chi connectivity index (χ4n) is 1.53. The van der Waals surface area contributed by atoms with Gasteiger partial charge >= 0.3 is 0 Å². The third kappa shape index (κ3) is 1.77. The molecule has 84 valence electrons. The molecular formula is C11H13N3O2. The molecule has 0 aliphatic rings. The molecule has 0 aliphatic heterocycles. The number of ether oxygens (including phenoxy) is 1. The number of benzene rings is 1. The topological polar surface area (TPSA) is 74.2 Å². The molecule has 2 rings (SSSR count). The summed E-state index contributed by atoms with van der Waals surface area (Å²) in [5, 5.41) is 3.87. The average Bonchev–Trinajstić information content (AvgIpc) is 2.78. The van der Waals surface area contributed by atoms with E-state index in [-0.39, 0.29) is 6.54 Å². The van der Waals surface area contributed by atoms with Crippen molar-refractivity contribution in [1.29, 1.82) is 0 Å². The van der Waals surface area contributed by atoms with E-state index in [0.717, 1.165) is 16.9 Å². The van der Waals surface area contributed by atoms with Gasteiger partial charge in [0.2, 0.25) is 11.7 Å². The van der Waals surface area contributed by atoms with E-state index in [1.807, 2.05) is 25.1 Å². The molecule has 1 heterocycles. The second-order valence-electron chi connectivity index (χ2n) is 3.35. The molecule has 0 fully saturated rings. The summed E-state index contributed by atoms with van der Waals surface area (Å²) in [5.41, 5.74) is 7.29. The van der Waals surface area contributed by atoms with Crippen molar-refractivity contribution in [3.63, 3.8) is 0 Å². The van der Waals surface area contributed by atoms with Crippen LogP contribution in [-0.4, -0.2) is 17.3 Å². The van der Waals surface area contributed by atoms with E-state index in [9.17, 15) is 0 Å². The van der Waals surface area contributed by atoms with Crippen molar-refractivity contribution in [2.75, 3.05) is 7.11 Å². The summed E-state index contributed by atoms with van der Waals surface area (Å²) in [6.45, 7) is 2.20. The molecule has 16 heavy (non-hydrogen) atoms. The highest BCUT2D eigenvalue weighted by molar-refractivity contribution is 5.63. The average molecular weight is 219 g/mol. The molecule has 0 unspecified atom stereocenters. The lowest BCUT2D eigenvalue weighted by Crippen LogP contribution is -1.96. The highest BCUT2D eigenvalue weighted by Crippen LogP contribution is 2.27. The Morgan fingerprint density at radius 3 is 2.88 bits per heavy atom. The summed E-state index contributed by atoms with van der Waals surface area (Å²) in [7, 11) is 1.63. The van der Waals surface area contributed by atoms with Gasteiger partial charge in [-0.25, -0.2) is 0 Å². The van der Waals surface area contributed by atoms with Gasteiger partial charge in [0.25, 0.3) is 0 Å². The molecule has 0 radical (unpaired) electrons. The second kappa shape index (κ2) is 4.32. The zero-order valence-electron chi connectivity index (χ0n) is 9.23. The van der Waals surface area contributed by atoms with Crippen LogP contribution in [0.3, 0.4) is 0 Å². The first-order chi connectivity index (χ1) is 7.76. The van der Waals surface area contributed by atoms with Crippen molar-refractivity contribution in [2.45, 2.75) is 13.5 Å². The van der Waals surface area contributed by atoms with Crippen LogP contribution in [0.25, 0.3) is 11.4 Å². The largest absolute Gasteiger partial charge is 0.496 e. The fraction of sp³-hybridized carbons (Fsp3) is 0.273. The summed E-state index contributed by atoms with van der Waals surface area (Å²) >= 11 is 0. The number of aromatic nitrogens is 2. The molecule has 1 aromatic carbocycles. The van der Waals surface area contributed by atoms with Gasteiger partial charge in [-0.3, -0.25) is 0 Å². The quantitative estimate of drug-likeness (QED) is 0.847. The summed E-state index contributed by atoms with van der Waals surface area (Å²) in [6.07, 6.45) is 0. The zero-order chi connectivity index (χ0) is 11.5. The molecule has 0 bridgehead atoms. The monoisotopic (exact) mass is 219 g/mol. The van der Waals surface area contributed by atoms with Crippen molar-refractivity contribution in [1.82, 2.24) is 10.1 Å². The van der Waals surface area contributed by atoms with Gasteiger partial charge in [-0.1, -0.05) is 17.3 Å². The van der Waals surface area contributed by atoms with Crippen molar-refractivity contribution in [2.24, 2.45) is 5.73 Å². The van der Waals surface area contributed by atoms with Gasteiger partial charge < -0.3 is 15.0 Å². The van der Waals surface area contributed by atoms with E-state index >= 15 is 0 Å². The second-order valence-corrected chi connectivity index (χ2v) is 3.35. The Hall–Kier alpha value is -1.88. The van der Waals surface area contributed by atoms with Crippen LogP contribution in [-0.2, 0) is 6.54 Å². The van der Waals surface area contributed by atoms with Gasteiger partial charge in [-0.05, 0) is 13.0 Å². The lowest BCUT2D eigenvalue weighted by molar-refractivity contribution is 0.380. The van der Waals surface area contributed by atoms with E-state index < -0.39 is 0 Å². The number of methoxy groups -OCH3 is 1. The number of hydrogen-bond acceptors (Lipinski definition) is 5. The van der Waals surface area contributed by atoms with Crippen molar-refractivity contribution >= 4 is 0 Å². The molecule has 0 saturated heterocycles. The van der Waals surface area contributed by atoms with Gasteiger partial charge in [-0.15, -0.1) is 0 Å². The Bertz CT molecular complexity index is 494. The molecular weight excluding hydrogens is 206 g/mol. The van der Waals surface area contributed by atoms with Gasteiger partial charge in [0.05, 0.1) is 13.7 Å². The smallest absolute Gasteiger partial charge is 0.240 e. The number of hydrogen-bond donors (Lipinski definition) is 1. The molecule has 0 amide bonds. The van der Waals surface area contributed by atoms with Gasteiger partial charge in [0, 0.05) is 11.1 Å². The van der Waals surface area contributed by atoms with E-state index in [4.69, 9.17) is 15.0 Å². The van der Waals surface area contributed by atoms with Crippen LogP contribution < -0.4 is 10.5 Å². The van der Waals surface area contributed by atoms with Crippen molar-refractivity contribution in [3.05, 3.63) is 29.7 Å². The number of nitrogens with zero attached hydrogens (tertiary/aromatic N) is 2. The third-order valence-electron chi connectivity index (χ3n) is 2.39. The zero-order valence-corrected chi connectivity index (χ0v) is 9.23. The van der Waals surface area contributed by atoms with Crippen LogP contribution in [0.15, 0.2) is 22.7 Å². The summed E-state index contributed by atoms with van der Waals surface area (Å²) in [4.78, 5) is 4.18. The molecule has 5 heteroatoms. The lowest BCUT2D eigenvalue weighted by Gasteiger charge is -2.06. The minimum atomic E-state index is 0.246. The number of rotatable bonds is 3. The normalized spacial score (nSPS) is 10.4. The SMILES string of the molecule is COc1cccc(-c2noc(CN)n2)c1C. The Morgan fingerprint density at radius 1 is 1.44 bits per heavy atom. The Kier molecular flexibility index (Phi) is 2.87. The first-order valence-electron chi connectivity index (χ1n) is 4.93. The maximum absolute atomic E-state index is 5.41. The number of nitrogens with two attached hydrogens (primary N) is 1. The Balaban J connectivity index is 2.47. The highest BCUT2D eigenvalue weighted by atomic mass is 16.5. The lowest BCUT2D eigenvalue weighted by atomic mass is 10.1.